The quantitative estimate of drug-likeness (QED) is 0.300. The zero-order valence-corrected chi connectivity index (χ0v) is 15.4. The summed E-state index contributed by atoms with van der Waals surface area (Å²) < 4.78 is 5.07. The molecule has 4 N–H and O–H groups in total. The normalized spacial score (nSPS) is 9.42. The Bertz CT molecular complexity index is 570. The highest BCUT2D eigenvalue weighted by atomic mass is 32.2. The molecule has 0 fully saturated rings. The van der Waals surface area contributed by atoms with Crippen molar-refractivity contribution in [3.8, 4) is 10.6 Å². The van der Waals surface area contributed by atoms with Gasteiger partial charge in [-0.25, -0.2) is 4.99 Å². The second-order valence-corrected chi connectivity index (χ2v) is 6.09. The zero-order chi connectivity index (χ0) is 18.0. The summed E-state index contributed by atoms with van der Waals surface area (Å²) in [7, 11) is 0. The number of aryl methyl sites for hydroxylation is 1. The molecule has 0 bridgehead atoms. The van der Waals surface area contributed by atoms with Crippen LogP contribution in [-0.4, -0.2) is 42.8 Å². The number of aromatic nitrogens is 1. The Labute approximate surface area is 150 Å². The first kappa shape index (κ1) is 21.9. The van der Waals surface area contributed by atoms with Crippen LogP contribution in [0.4, 0.5) is 0 Å². The lowest BCUT2D eigenvalue weighted by Crippen LogP contribution is -2.12. The molecule has 0 aromatic carbocycles. The summed E-state index contributed by atoms with van der Waals surface area (Å²) >= 11 is 3.45. The molecule has 132 valence electrons. The number of carbonyl (C=O) groups is 1. The molecule has 2 aromatic rings. The van der Waals surface area contributed by atoms with Crippen molar-refractivity contribution in [3.05, 3.63) is 29.3 Å². The molecule has 0 saturated heterocycles. The van der Waals surface area contributed by atoms with Gasteiger partial charge in [-0.15, -0.1) is 11.3 Å². The van der Waals surface area contributed by atoms with Gasteiger partial charge in [-0.05, 0) is 36.8 Å². The fourth-order valence-electron chi connectivity index (χ4n) is 1.32. The standard InChI is InChI=1S/C8H7NOS.C5H11NOS.C2H5N3/c1-6-5-7(10-9-6)8-3-2-4-11-8;1-8-4-2-3-6-5-7;3-1-5-2-4/h2-5H,1H3;5H,2-4H2,1H3,(H,6,7);1-2H,(H3,3,4,5). The molecular weight excluding hydrogens is 346 g/mol. The maximum atomic E-state index is 9.65. The molecule has 1 amide bonds. The highest BCUT2D eigenvalue weighted by Gasteiger charge is 2.03. The molecule has 0 aliphatic carbocycles. The van der Waals surface area contributed by atoms with Gasteiger partial charge in [0.15, 0.2) is 5.76 Å². The van der Waals surface area contributed by atoms with Crippen LogP contribution in [0.2, 0.25) is 0 Å². The van der Waals surface area contributed by atoms with Crippen LogP contribution in [0.15, 0.2) is 33.1 Å². The summed E-state index contributed by atoms with van der Waals surface area (Å²) in [6.07, 6.45) is 5.80. The summed E-state index contributed by atoms with van der Waals surface area (Å²) in [4.78, 5) is 13.9. The highest BCUT2D eigenvalue weighted by molar-refractivity contribution is 7.98. The summed E-state index contributed by atoms with van der Waals surface area (Å²) in [6.45, 7) is 2.73. The smallest absolute Gasteiger partial charge is 0.207 e. The number of hydrogen-bond acceptors (Lipinski definition) is 6. The Balaban J connectivity index is 0.000000361. The molecule has 0 aliphatic heterocycles. The first-order chi connectivity index (χ1) is 11.7. The molecule has 2 heterocycles. The van der Waals surface area contributed by atoms with E-state index in [2.05, 4.69) is 21.7 Å². The topological polar surface area (TPSA) is 117 Å². The number of thiophene rings is 1. The largest absolute Gasteiger partial charge is 0.390 e. The molecule has 9 heteroatoms. The number of thioether (sulfide) groups is 1. The predicted molar refractivity (Wildman–Crippen MR) is 103 cm³/mol. The Morgan fingerprint density at radius 2 is 2.38 bits per heavy atom. The van der Waals surface area contributed by atoms with Gasteiger partial charge in [-0.2, -0.15) is 11.8 Å². The van der Waals surface area contributed by atoms with Gasteiger partial charge in [0.1, 0.15) is 6.34 Å². The molecule has 2 rings (SSSR count). The zero-order valence-electron chi connectivity index (χ0n) is 13.8. The molecule has 0 spiro atoms. The van der Waals surface area contributed by atoms with Crippen LogP contribution >= 0.6 is 23.1 Å². The van der Waals surface area contributed by atoms with E-state index in [1.165, 1.54) is 0 Å². The van der Waals surface area contributed by atoms with Crippen LogP contribution in [0, 0.1) is 12.3 Å². The van der Waals surface area contributed by atoms with E-state index >= 15 is 0 Å². The lowest BCUT2D eigenvalue weighted by molar-refractivity contribution is -0.109. The second-order valence-electron chi connectivity index (χ2n) is 4.16. The highest BCUT2D eigenvalue weighted by Crippen LogP contribution is 2.24. The van der Waals surface area contributed by atoms with Gasteiger partial charge in [-0.1, -0.05) is 11.2 Å². The van der Waals surface area contributed by atoms with Crippen molar-refractivity contribution in [2.24, 2.45) is 10.7 Å². The molecular formula is C15H23N5O2S2. The molecule has 7 nitrogen and oxygen atoms in total. The van der Waals surface area contributed by atoms with Crippen molar-refractivity contribution in [1.29, 1.82) is 5.41 Å². The Morgan fingerprint density at radius 1 is 1.58 bits per heavy atom. The lowest BCUT2D eigenvalue weighted by Gasteiger charge is -1.93. The van der Waals surface area contributed by atoms with Crippen LogP contribution < -0.4 is 11.1 Å². The predicted octanol–water partition coefficient (Wildman–Crippen LogP) is 2.78. The number of nitrogens with zero attached hydrogens (tertiary/aromatic N) is 2. The van der Waals surface area contributed by atoms with Crippen LogP contribution in [0.25, 0.3) is 10.6 Å². The van der Waals surface area contributed by atoms with Crippen molar-refractivity contribution in [2.45, 2.75) is 13.3 Å². The Kier molecular flexibility index (Phi) is 14.4. The van der Waals surface area contributed by atoms with E-state index in [1.807, 2.05) is 30.5 Å². The Morgan fingerprint density at radius 3 is 2.79 bits per heavy atom. The molecule has 24 heavy (non-hydrogen) atoms. The molecule has 0 radical (unpaired) electrons. The monoisotopic (exact) mass is 369 g/mol. The summed E-state index contributed by atoms with van der Waals surface area (Å²) in [6, 6.07) is 5.95. The molecule has 0 aliphatic rings. The number of hydrogen-bond donors (Lipinski definition) is 3. The van der Waals surface area contributed by atoms with E-state index in [9.17, 15) is 4.79 Å². The van der Waals surface area contributed by atoms with Crippen molar-refractivity contribution >= 4 is 42.2 Å². The van der Waals surface area contributed by atoms with E-state index in [0.717, 1.165) is 54.1 Å². The average Bonchev–Trinajstić information content (AvgIpc) is 3.25. The van der Waals surface area contributed by atoms with E-state index in [4.69, 9.17) is 15.7 Å². The third-order valence-corrected chi connectivity index (χ3v) is 3.89. The molecule has 2 aromatic heterocycles. The minimum absolute atomic E-state index is 0.736. The van der Waals surface area contributed by atoms with Crippen molar-refractivity contribution in [1.82, 2.24) is 10.5 Å². The fourth-order valence-corrected chi connectivity index (χ4v) is 2.43. The number of rotatable bonds is 7. The van der Waals surface area contributed by atoms with Gasteiger partial charge in [0.2, 0.25) is 6.41 Å². The van der Waals surface area contributed by atoms with Gasteiger partial charge in [0.05, 0.1) is 16.9 Å². The van der Waals surface area contributed by atoms with Gasteiger partial charge in [0.25, 0.3) is 0 Å². The summed E-state index contributed by atoms with van der Waals surface area (Å²) in [5.74, 6) is 1.98. The van der Waals surface area contributed by atoms with Gasteiger partial charge >= 0.3 is 0 Å². The minimum atomic E-state index is 0.736. The second kappa shape index (κ2) is 15.8. The average molecular weight is 370 g/mol. The van der Waals surface area contributed by atoms with Crippen molar-refractivity contribution in [3.63, 3.8) is 0 Å². The number of nitrogens with two attached hydrogens (primary N) is 1. The Hall–Kier alpha value is -2.13. The lowest BCUT2D eigenvalue weighted by atomic mass is 10.3. The maximum absolute atomic E-state index is 9.65. The van der Waals surface area contributed by atoms with E-state index in [-0.39, 0.29) is 0 Å². The molecule has 0 saturated carbocycles. The number of aliphatic imine (C=N–C) groups is 1. The van der Waals surface area contributed by atoms with E-state index in [0.29, 0.717) is 0 Å². The van der Waals surface area contributed by atoms with Crippen LogP contribution in [-0.2, 0) is 4.79 Å². The van der Waals surface area contributed by atoms with Gasteiger partial charge in [0, 0.05) is 12.6 Å². The SMILES string of the molecule is CSCCCNC=O.Cc1cc(-c2cccs2)on1.N=CN=CN. The first-order valence-electron chi connectivity index (χ1n) is 7.05. The first-order valence-corrected chi connectivity index (χ1v) is 9.32. The van der Waals surface area contributed by atoms with Crippen LogP contribution in [0.1, 0.15) is 12.1 Å². The van der Waals surface area contributed by atoms with E-state index < -0.39 is 0 Å². The van der Waals surface area contributed by atoms with Crippen molar-refractivity contribution in [2.75, 3.05) is 18.6 Å². The molecule has 0 unspecified atom stereocenters. The third-order valence-electron chi connectivity index (χ3n) is 2.31. The number of amides is 1. The molecule has 0 atom stereocenters. The summed E-state index contributed by atoms with van der Waals surface area (Å²) in [5, 5.41) is 14.6. The van der Waals surface area contributed by atoms with Crippen LogP contribution in [0.3, 0.4) is 0 Å². The third kappa shape index (κ3) is 11.4. The van der Waals surface area contributed by atoms with Gasteiger partial charge in [-0.3, -0.25) is 10.2 Å². The fraction of sp³-hybridized carbons (Fsp3) is 0.333. The number of nitrogens with one attached hydrogen (secondary N) is 2. The van der Waals surface area contributed by atoms with Crippen LogP contribution in [0.5, 0.6) is 0 Å². The summed E-state index contributed by atoms with van der Waals surface area (Å²) in [5.41, 5.74) is 5.62. The number of carbonyl (C=O) groups excluding carboxylic acids is 1. The van der Waals surface area contributed by atoms with Gasteiger partial charge < -0.3 is 15.6 Å². The van der Waals surface area contributed by atoms with E-state index in [1.54, 1.807) is 23.1 Å². The maximum Gasteiger partial charge on any atom is 0.207 e. The van der Waals surface area contributed by atoms with Crippen molar-refractivity contribution < 1.29 is 9.32 Å². The minimum Gasteiger partial charge on any atom is -0.390 e.